The zero-order valence-electron chi connectivity index (χ0n) is 9.21. The fraction of sp³-hybridized carbons (Fsp3) is 1.00. The van der Waals surface area contributed by atoms with Crippen molar-refractivity contribution in [2.45, 2.75) is 69.6 Å². The van der Waals surface area contributed by atoms with E-state index in [-0.39, 0.29) is 0 Å². The van der Waals surface area contributed by atoms with Gasteiger partial charge in [0.25, 0.3) is 0 Å². The van der Waals surface area contributed by atoms with Crippen molar-refractivity contribution in [2.75, 3.05) is 6.54 Å². The Kier molecular flexibility index (Phi) is 2.29. The van der Waals surface area contributed by atoms with Gasteiger partial charge in [0, 0.05) is 24.2 Å². The number of nitrogens with zero attached hydrogens (tertiary/aromatic N) is 1. The molecule has 0 aliphatic carbocycles. The molecule has 2 heteroatoms. The van der Waals surface area contributed by atoms with Gasteiger partial charge in [0.2, 0.25) is 0 Å². The molecule has 0 saturated carbocycles. The summed E-state index contributed by atoms with van der Waals surface area (Å²) in [6.45, 7) is 3.78. The van der Waals surface area contributed by atoms with E-state index >= 15 is 0 Å². The van der Waals surface area contributed by atoms with Gasteiger partial charge in [-0.15, -0.1) is 0 Å². The van der Waals surface area contributed by atoms with Crippen LogP contribution in [0.2, 0.25) is 0 Å². The van der Waals surface area contributed by atoms with E-state index in [9.17, 15) is 0 Å². The van der Waals surface area contributed by atoms with Gasteiger partial charge in [-0.25, -0.2) is 0 Å². The fourth-order valence-electron chi connectivity index (χ4n) is 3.80. The molecular weight excluding hydrogens is 172 g/mol. The van der Waals surface area contributed by atoms with Crippen molar-refractivity contribution in [3.8, 4) is 0 Å². The van der Waals surface area contributed by atoms with Crippen LogP contribution in [0.3, 0.4) is 0 Å². The van der Waals surface area contributed by atoms with Crippen LogP contribution in [0.5, 0.6) is 0 Å². The number of nitrogens with one attached hydrogen (secondary N) is 1. The van der Waals surface area contributed by atoms with E-state index in [1.54, 1.807) is 0 Å². The summed E-state index contributed by atoms with van der Waals surface area (Å²) in [7, 11) is 0. The number of fused-ring (bicyclic) bond motifs is 2. The molecule has 3 fully saturated rings. The molecule has 3 atom stereocenters. The summed E-state index contributed by atoms with van der Waals surface area (Å²) in [5, 5.41) is 3.73. The third-order valence-corrected chi connectivity index (χ3v) is 4.52. The summed E-state index contributed by atoms with van der Waals surface area (Å²) in [4.78, 5) is 2.78. The van der Waals surface area contributed by atoms with E-state index in [0.29, 0.717) is 0 Å². The van der Waals surface area contributed by atoms with Crippen LogP contribution in [0.1, 0.15) is 45.4 Å². The summed E-state index contributed by atoms with van der Waals surface area (Å²) in [5.74, 6) is 0. The van der Waals surface area contributed by atoms with Crippen molar-refractivity contribution in [1.82, 2.24) is 10.2 Å². The first-order valence-electron chi connectivity index (χ1n) is 6.35. The van der Waals surface area contributed by atoms with Gasteiger partial charge < -0.3 is 5.32 Å². The zero-order valence-corrected chi connectivity index (χ0v) is 9.21. The second-order valence-corrected chi connectivity index (χ2v) is 5.49. The second kappa shape index (κ2) is 3.49. The molecule has 0 aromatic rings. The predicted octanol–water partition coefficient (Wildman–Crippen LogP) is 1.75. The van der Waals surface area contributed by atoms with E-state index in [1.807, 2.05) is 0 Å². The maximum Gasteiger partial charge on any atom is 0.0128 e. The molecule has 3 saturated heterocycles. The lowest BCUT2D eigenvalue weighted by Crippen LogP contribution is -2.49. The quantitative estimate of drug-likeness (QED) is 0.684. The highest BCUT2D eigenvalue weighted by molar-refractivity contribution is 4.97. The normalized spacial score (nSPS) is 48.6. The highest BCUT2D eigenvalue weighted by atomic mass is 15.2. The smallest absolute Gasteiger partial charge is 0.0128 e. The van der Waals surface area contributed by atoms with Crippen molar-refractivity contribution in [3.05, 3.63) is 0 Å². The lowest BCUT2D eigenvalue weighted by molar-refractivity contribution is 0.136. The largest absolute Gasteiger partial charge is 0.311 e. The van der Waals surface area contributed by atoms with Crippen LogP contribution in [-0.2, 0) is 0 Å². The maximum absolute atomic E-state index is 3.73. The molecule has 80 valence electrons. The first-order chi connectivity index (χ1) is 6.83. The summed E-state index contributed by atoms with van der Waals surface area (Å²) in [5.41, 5.74) is 0. The molecule has 0 aromatic carbocycles. The van der Waals surface area contributed by atoms with Crippen LogP contribution < -0.4 is 5.32 Å². The first kappa shape index (κ1) is 9.17. The van der Waals surface area contributed by atoms with Crippen molar-refractivity contribution in [3.63, 3.8) is 0 Å². The highest BCUT2D eigenvalue weighted by Crippen LogP contribution is 2.33. The SMILES string of the molecule is CC1CCCN1C1CC2CCC(C1)N2. The molecule has 0 spiro atoms. The minimum atomic E-state index is 0.853. The summed E-state index contributed by atoms with van der Waals surface area (Å²) in [6.07, 6.45) is 8.56. The Labute approximate surface area is 87.0 Å². The Hall–Kier alpha value is -0.0800. The average Bonchev–Trinajstić information content (AvgIpc) is 2.73. The molecule has 3 aliphatic heterocycles. The molecule has 2 nitrogen and oxygen atoms in total. The minimum Gasteiger partial charge on any atom is -0.311 e. The third kappa shape index (κ3) is 1.49. The molecule has 3 heterocycles. The predicted molar refractivity (Wildman–Crippen MR) is 58.4 cm³/mol. The van der Waals surface area contributed by atoms with Gasteiger partial charge in [-0.3, -0.25) is 4.90 Å². The number of hydrogen-bond donors (Lipinski definition) is 1. The lowest BCUT2D eigenvalue weighted by atomic mass is 9.98. The summed E-state index contributed by atoms with van der Waals surface area (Å²) < 4.78 is 0. The van der Waals surface area contributed by atoms with Crippen LogP contribution >= 0.6 is 0 Å². The van der Waals surface area contributed by atoms with Gasteiger partial charge >= 0.3 is 0 Å². The molecule has 0 amide bonds. The third-order valence-electron chi connectivity index (χ3n) is 4.52. The van der Waals surface area contributed by atoms with Crippen LogP contribution in [0.15, 0.2) is 0 Å². The van der Waals surface area contributed by atoms with Crippen LogP contribution in [0.25, 0.3) is 0 Å². The van der Waals surface area contributed by atoms with Crippen molar-refractivity contribution in [2.24, 2.45) is 0 Å². The van der Waals surface area contributed by atoms with Gasteiger partial charge in [-0.1, -0.05) is 0 Å². The Morgan fingerprint density at radius 2 is 1.79 bits per heavy atom. The minimum absolute atomic E-state index is 0.853. The Bertz CT molecular complexity index is 204. The van der Waals surface area contributed by atoms with Gasteiger partial charge in [0.1, 0.15) is 0 Å². The van der Waals surface area contributed by atoms with E-state index < -0.39 is 0 Å². The number of rotatable bonds is 1. The van der Waals surface area contributed by atoms with Crippen LogP contribution in [0.4, 0.5) is 0 Å². The second-order valence-electron chi connectivity index (χ2n) is 5.49. The van der Waals surface area contributed by atoms with Crippen LogP contribution in [0, 0.1) is 0 Å². The lowest BCUT2D eigenvalue weighted by Gasteiger charge is -2.37. The van der Waals surface area contributed by atoms with E-state index in [0.717, 1.165) is 24.2 Å². The molecule has 14 heavy (non-hydrogen) atoms. The zero-order chi connectivity index (χ0) is 9.54. The van der Waals surface area contributed by atoms with Crippen molar-refractivity contribution >= 4 is 0 Å². The molecule has 0 aromatic heterocycles. The highest BCUT2D eigenvalue weighted by Gasteiger charge is 2.38. The molecule has 2 bridgehead atoms. The molecule has 3 aliphatic rings. The summed E-state index contributed by atoms with van der Waals surface area (Å²) in [6, 6.07) is 3.47. The van der Waals surface area contributed by atoms with Gasteiger partial charge in [-0.05, 0) is 52.0 Å². The average molecular weight is 194 g/mol. The molecule has 3 unspecified atom stereocenters. The standard InChI is InChI=1S/C12H22N2/c1-9-3-2-6-14(9)12-7-10-4-5-11(8-12)13-10/h9-13H,2-8H2,1H3. The van der Waals surface area contributed by atoms with Gasteiger partial charge in [-0.2, -0.15) is 0 Å². The first-order valence-corrected chi connectivity index (χ1v) is 6.35. The fourth-order valence-corrected chi connectivity index (χ4v) is 3.80. The molecule has 1 N–H and O–H groups in total. The topological polar surface area (TPSA) is 15.3 Å². The van der Waals surface area contributed by atoms with E-state index in [1.165, 1.54) is 45.1 Å². The van der Waals surface area contributed by atoms with Gasteiger partial charge in [0.05, 0.1) is 0 Å². The molecule has 3 rings (SSSR count). The Morgan fingerprint density at radius 3 is 2.36 bits per heavy atom. The van der Waals surface area contributed by atoms with E-state index in [4.69, 9.17) is 0 Å². The monoisotopic (exact) mass is 194 g/mol. The van der Waals surface area contributed by atoms with E-state index in [2.05, 4.69) is 17.1 Å². The Balaban J connectivity index is 1.67. The Morgan fingerprint density at radius 1 is 1.07 bits per heavy atom. The number of hydrogen-bond acceptors (Lipinski definition) is 2. The van der Waals surface area contributed by atoms with Crippen molar-refractivity contribution in [1.29, 1.82) is 0 Å². The van der Waals surface area contributed by atoms with Crippen LogP contribution in [-0.4, -0.2) is 35.6 Å². The summed E-state index contributed by atoms with van der Waals surface area (Å²) >= 11 is 0. The molecule has 0 radical (unpaired) electrons. The van der Waals surface area contributed by atoms with Gasteiger partial charge in [0.15, 0.2) is 0 Å². The number of piperidine rings is 1. The number of likely N-dealkylation sites (tertiary alicyclic amines) is 1. The maximum atomic E-state index is 3.73. The van der Waals surface area contributed by atoms with Crippen molar-refractivity contribution < 1.29 is 0 Å². The molecular formula is C12H22N2.